The minimum absolute atomic E-state index is 0.126. The molecule has 0 spiro atoms. The molecule has 3 rings (SSSR count). The van der Waals surface area contributed by atoms with E-state index in [1.165, 1.54) is 0 Å². The number of aromatic nitrogens is 3. The van der Waals surface area contributed by atoms with Crippen LogP contribution in [0.5, 0.6) is 0 Å². The normalized spacial score (nSPS) is 21.1. The molecular formula is C17H22N4O2. The minimum atomic E-state index is -0.126. The van der Waals surface area contributed by atoms with Crippen molar-refractivity contribution in [2.45, 2.75) is 25.7 Å². The third kappa shape index (κ3) is 3.76. The Kier molecular flexibility index (Phi) is 5.02. The number of rotatable bonds is 5. The molecule has 6 heteroatoms. The molecule has 1 fully saturated rings. The zero-order chi connectivity index (χ0) is 16.1. The standard InChI is InChI=1S/C17H22N4O2/c22-11-13-3-1-12(2-4-13)9-19-17(23)16-15(10-20-21-16)14-5-7-18-8-6-14/h5-8,10,12-13,22H,1-4,9,11H2,(H,19,23)(H,20,21). The third-order valence-electron chi connectivity index (χ3n) is 4.63. The van der Waals surface area contributed by atoms with Crippen LogP contribution < -0.4 is 5.32 Å². The van der Waals surface area contributed by atoms with Crippen molar-refractivity contribution in [3.8, 4) is 11.1 Å². The monoisotopic (exact) mass is 314 g/mol. The van der Waals surface area contributed by atoms with E-state index in [0.717, 1.165) is 36.8 Å². The van der Waals surface area contributed by atoms with Crippen LogP contribution >= 0.6 is 0 Å². The van der Waals surface area contributed by atoms with Crippen molar-refractivity contribution in [2.24, 2.45) is 11.8 Å². The number of H-pyrrole nitrogens is 1. The Hall–Kier alpha value is -2.21. The van der Waals surface area contributed by atoms with Crippen LogP contribution in [-0.4, -0.2) is 39.3 Å². The highest BCUT2D eigenvalue weighted by molar-refractivity contribution is 5.98. The predicted octanol–water partition coefficient (Wildman–Crippen LogP) is 2.00. The summed E-state index contributed by atoms with van der Waals surface area (Å²) in [5.41, 5.74) is 2.19. The number of carbonyl (C=O) groups excluding carboxylic acids is 1. The lowest BCUT2D eigenvalue weighted by molar-refractivity contribution is 0.0932. The first kappa shape index (κ1) is 15.7. The molecule has 2 heterocycles. The molecule has 3 N–H and O–H groups in total. The molecule has 0 saturated heterocycles. The Labute approximate surface area is 135 Å². The van der Waals surface area contributed by atoms with Gasteiger partial charge in [-0.15, -0.1) is 0 Å². The molecule has 0 aromatic carbocycles. The number of aliphatic hydroxyl groups is 1. The van der Waals surface area contributed by atoms with Crippen molar-refractivity contribution in [1.82, 2.24) is 20.5 Å². The van der Waals surface area contributed by atoms with Crippen LogP contribution in [-0.2, 0) is 0 Å². The number of amides is 1. The van der Waals surface area contributed by atoms with Crippen molar-refractivity contribution in [3.63, 3.8) is 0 Å². The van der Waals surface area contributed by atoms with E-state index >= 15 is 0 Å². The summed E-state index contributed by atoms with van der Waals surface area (Å²) >= 11 is 0. The van der Waals surface area contributed by atoms with Crippen LogP contribution in [0.15, 0.2) is 30.7 Å². The second-order valence-corrected chi connectivity index (χ2v) is 6.17. The highest BCUT2D eigenvalue weighted by Crippen LogP contribution is 2.28. The van der Waals surface area contributed by atoms with E-state index in [1.807, 2.05) is 12.1 Å². The Bertz CT molecular complexity index is 633. The van der Waals surface area contributed by atoms with E-state index < -0.39 is 0 Å². The van der Waals surface area contributed by atoms with Crippen molar-refractivity contribution in [1.29, 1.82) is 0 Å². The SMILES string of the molecule is O=C(NCC1CCC(CO)CC1)c1[nH]ncc1-c1ccncc1. The van der Waals surface area contributed by atoms with E-state index in [9.17, 15) is 9.90 Å². The molecule has 6 nitrogen and oxygen atoms in total. The topological polar surface area (TPSA) is 90.9 Å². The molecule has 0 unspecified atom stereocenters. The summed E-state index contributed by atoms with van der Waals surface area (Å²) in [5, 5.41) is 19.0. The maximum atomic E-state index is 12.4. The molecule has 2 aromatic heterocycles. The summed E-state index contributed by atoms with van der Waals surface area (Å²) in [7, 11) is 0. The van der Waals surface area contributed by atoms with E-state index in [0.29, 0.717) is 24.1 Å². The average Bonchev–Trinajstić information content (AvgIpc) is 3.11. The smallest absolute Gasteiger partial charge is 0.269 e. The fraction of sp³-hybridized carbons (Fsp3) is 0.471. The molecule has 0 aliphatic heterocycles. The molecule has 1 saturated carbocycles. The molecule has 23 heavy (non-hydrogen) atoms. The van der Waals surface area contributed by atoms with Gasteiger partial charge < -0.3 is 10.4 Å². The van der Waals surface area contributed by atoms with Crippen molar-refractivity contribution in [2.75, 3.05) is 13.2 Å². The van der Waals surface area contributed by atoms with Crippen LogP contribution in [0.2, 0.25) is 0 Å². The van der Waals surface area contributed by atoms with E-state index in [4.69, 9.17) is 0 Å². The van der Waals surface area contributed by atoms with Gasteiger partial charge >= 0.3 is 0 Å². The quantitative estimate of drug-likeness (QED) is 0.787. The van der Waals surface area contributed by atoms with Crippen molar-refractivity contribution in [3.05, 3.63) is 36.4 Å². The van der Waals surface area contributed by atoms with Gasteiger partial charge in [-0.2, -0.15) is 5.10 Å². The first-order chi connectivity index (χ1) is 11.3. The highest BCUT2D eigenvalue weighted by atomic mass is 16.3. The lowest BCUT2D eigenvalue weighted by atomic mass is 9.82. The molecule has 0 bridgehead atoms. The second-order valence-electron chi connectivity index (χ2n) is 6.17. The van der Waals surface area contributed by atoms with Gasteiger partial charge in [-0.25, -0.2) is 0 Å². The summed E-state index contributed by atoms with van der Waals surface area (Å²) in [6, 6.07) is 3.72. The summed E-state index contributed by atoms with van der Waals surface area (Å²) in [6.45, 7) is 0.953. The molecule has 0 radical (unpaired) electrons. The predicted molar refractivity (Wildman–Crippen MR) is 86.7 cm³/mol. The summed E-state index contributed by atoms with van der Waals surface area (Å²) in [4.78, 5) is 16.4. The van der Waals surface area contributed by atoms with Crippen molar-refractivity contribution >= 4 is 5.91 Å². The Morgan fingerprint density at radius 2 is 1.91 bits per heavy atom. The number of carbonyl (C=O) groups is 1. The molecule has 0 atom stereocenters. The van der Waals surface area contributed by atoms with E-state index in [2.05, 4.69) is 20.5 Å². The largest absolute Gasteiger partial charge is 0.396 e. The second kappa shape index (κ2) is 7.37. The van der Waals surface area contributed by atoms with Gasteiger partial charge in [-0.1, -0.05) is 0 Å². The first-order valence-corrected chi connectivity index (χ1v) is 8.10. The number of pyridine rings is 1. The zero-order valence-electron chi connectivity index (χ0n) is 13.0. The van der Waals surface area contributed by atoms with Gasteiger partial charge in [-0.3, -0.25) is 14.9 Å². The zero-order valence-corrected chi connectivity index (χ0v) is 13.0. The van der Waals surface area contributed by atoms with Gasteiger partial charge in [0.05, 0.1) is 6.20 Å². The summed E-state index contributed by atoms with van der Waals surface area (Å²) in [6.07, 6.45) is 9.27. The number of aromatic amines is 1. The first-order valence-electron chi connectivity index (χ1n) is 8.10. The van der Waals surface area contributed by atoms with Crippen LogP contribution in [0.1, 0.15) is 36.2 Å². The molecular weight excluding hydrogens is 292 g/mol. The molecule has 122 valence electrons. The van der Waals surface area contributed by atoms with Crippen LogP contribution in [0, 0.1) is 11.8 Å². The van der Waals surface area contributed by atoms with Gasteiger partial charge in [0.25, 0.3) is 5.91 Å². The number of nitrogens with zero attached hydrogens (tertiary/aromatic N) is 2. The van der Waals surface area contributed by atoms with Crippen molar-refractivity contribution < 1.29 is 9.90 Å². The summed E-state index contributed by atoms with van der Waals surface area (Å²) < 4.78 is 0. The Balaban J connectivity index is 1.59. The molecule has 1 aliphatic rings. The average molecular weight is 314 g/mol. The van der Waals surface area contributed by atoms with Crippen LogP contribution in [0.25, 0.3) is 11.1 Å². The van der Waals surface area contributed by atoms with Gasteiger partial charge in [0, 0.05) is 31.1 Å². The van der Waals surface area contributed by atoms with E-state index in [-0.39, 0.29) is 12.5 Å². The highest BCUT2D eigenvalue weighted by Gasteiger charge is 2.22. The number of nitrogens with one attached hydrogen (secondary N) is 2. The van der Waals surface area contributed by atoms with Gasteiger partial charge in [0.15, 0.2) is 0 Å². The minimum Gasteiger partial charge on any atom is -0.396 e. The number of aliphatic hydroxyl groups excluding tert-OH is 1. The molecule has 1 amide bonds. The van der Waals surface area contributed by atoms with Gasteiger partial charge in [0.2, 0.25) is 0 Å². The fourth-order valence-electron chi connectivity index (χ4n) is 3.15. The maximum absolute atomic E-state index is 12.4. The van der Waals surface area contributed by atoms with Crippen LogP contribution in [0.3, 0.4) is 0 Å². The van der Waals surface area contributed by atoms with Crippen LogP contribution in [0.4, 0.5) is 0 Å². The van der Waals surface area contributed by atoms with Gasteiger partial charge in [0.1, 0.15) is 5.69 Å². The molecule has 1 aliphatic carbocycles. The van der Waals surface area contributed by atoms with Gasteiger partial charge in [-0.05, 0) is 55.2 Å². The lowest BCUT2D eigenvalue weighted by Crippen LogP contribution is -2.32. The maximum Gasteiger partial charge on any atom is 0.269 e. The lowest BCUT2D eigenvalue weighted by Gasteiger charge is -2.27. The Morgan fingerprint density at radius 1 is 1.22 bits per heavy atom. The summed E-state index contributed by atoms with van der Waals surface area (Å²) in [5.74, 6) is 0.806. The molecule has 2 aromatic rings. The van der Waals surface area contributed by atoms with E-state index in [1.54, 1.807) is 18.6 Å². The third-order valence-corrected chi connectivity index (χ3v) is 4.63. The fourth-order valence-corrected chi connectivity index (χ4v) is 3.15. The Morgan fingerprint density at radius 3 is 2.61 bits per heavy atom. The number of hydrogen-bond acceptors (Lipinski definition) is 4. The number of hydrogen-bond donors (Lipinski definition) is 3.